The third-order valence-corrected chi connectivity index (χ3v) is 5.63. The number of aryl methyl sites for hydroxylation is 2. The van der Waals surface area contributed by atoms with E-state index in [0.717, 1.165) is 10.4 Å². The van der Waals surface area contributed by atoms with Crippen LogP contribution in [-0.4, -0.2) is 42.7 Å². The molecule has 3 rings (SSSR count). The first kappa shape index (κ1) is 16.9. The van der Waals surface area contributed by atoms with Crippen molar-refractivity contribution in [3.63, 3.8) is 0 Å². The predicted molar refractivity (Wildman–Crippen MR) is 77.6 cm³/mol. The summed E-state index contributed by atoms with van der Waals surface area (Å²) in [6.45, 7) is 2.99. The van der Waals surface area contributed by atoms with Gasteiger partial charge >= 0.3 is 0 Å². The molecule has 0 unspecified atom stereocenters. The summed E-state index contributed by atoms with van der Waals surface area (Å²) in [6, 6.07) is 0.647. The second-order valence-corrected chi connectivity index (χ2v) is 7.26. The molecular formula is C14H15F2N3O4S. The summed E-state index contributed by atoms with van der Waals surface area (Å²) in [4.78, 5) is -0.728. The van der Waals surface area contributed by atoms with Gasteiger partial charge in [-0.25, -0.2) is 17.2 Å². The monoisotopic (exact) mass is 359 g/mol. The van der Waals surface area contributed by atoms with Gasteiger partial charge in [0.1, 0.15) is 22.6 Å². The molecule has 130 valence electrons. The van der Waals surface area contributed by atoms with Gasteiger partial charge < -0.3 is 9.15 Å². The van der Waals surface area contributed by atoms with Gasteiger partial charge in [-0.15, -0.1) is 10.2 Å². The van der Waals surface area contributed by atoms with E-state index in [9.17, 15) is 17.2 Å². The molecule has 1 fully saturated rings. The molecule has 7 nitrogen and oxygen atoms in total. The highest BCUT2D eigenvalue weighted by molar-refractivity contribution is 7.89. The van der Waals surface area contributed by atoms with Crippen LogP contribution in [0.3, 0.4) is 0 Å². The Balaban J connectivity index is 2.05. The lowest BCUT2D eigenvalue weighted by atomic mass is 10.2. The fourth-order valence-corrected chi connectivity index (χ4v) is 4.08. The number of halogens is 2. The van der Waals surface area contributed by atoms with E-state index >= 15 is 0 Å². The zero-order chi connectivity index (χ0) is 17.5. The zero-order valence-electron chi connectivity index (χ0n) is 13.0. The minimum absolute atomic E-state index is 0.0170. The third-order valence-electron chi connectivity index (χ3n) is 3.71. The van der Waals surface area contributed by atoms with Crippen molar-refractivity contribution in [3.8, 4) is 0 Å². The second-order valence-electron chi connectivity index (χ2n) is 5.40. The van der Waals surface area contributed by atoms with E-state index in [-0.39, 0.29) is 37.1 Å². The summed E-state index contributed by atoms with van der Waals surface area (Å²) in [6.07, 6.45) is 0. The van der Waals surface area contributed by atoms with Crippen LogP contribution < -0.4 is 0 Å². The highest BCUT2D eigenvalue weighted by atomic mass is 32.2. The van der Waals surface area contributed by atoms with Crippen LogP contribution in [0.5, 0.6) is 0 Å². The van der Waals surface area contributed by atoms with Crippen molar-refractivity contribution in [3.05, 3.63) is 41.1 Å². The summed E-state index contributed by atoms with van der Waals surface area (Å²) in [5.41, 5.74) is 0.0255. The molecule has 0 N–H and O–H groups in total. The molecule has 1 atom stereocenters. The lowest BCUT2D eigenvalue weighted by molar-refractivity contribution is 0.0220. The smallest absolute Gasteiger partial charge is 0.246 e. The molecule has 0 radical (unpaired) electrons. The van der Waals surface area contributed by atoms with Gasteiger partial charge in [0.05, 0.1) is 13.2 Å². The Morgan fingerprint density at radius 2 is 1.96 bits per heavy atom. The SMILES string of the molecule is Cc1nnc([C@H]2COCCN2S(=O)(=O)c2cc(F)c(C)cc2F)o1. The number of hydrogen-bond acceptors (Lipinski definition) is 6. The Kier molecular flexibility index (Phi) is 4.37. The fraction of sp³-hybridized carbons (Fsp3) is 0.429. The summed E-state index contributed by atoms with van der Waals surface area (Å²) < 4.78 is 65.2. The van der Waals surface area contributed by atoms with Gasteiger partial charge in [0.15, 0.2) is 0 Å². The summed E-state index contributed by atoms with van der Waals surface area (Å²) in [5.74, 6) is -1.50. The first-order valence-corrected chi connectivity index (χ1v) is 8.60. The van der Waals surface area contributed by atoms with Crippen LogP contribution in [0.25, 0.3) is 0 Å². The molecule has 1 aromatic carbocycles. The number of rotatable bonds is 3. The minimum atomic E-state index is -4.31. The molecule has 24 heavy (non-hydrogen) atoms. The Morgan fingerprint density at radius 3 is 2.62 bits per heavy atom. The number of hydrogen-bond donors (Lipinski definition) is 0. The average Bonchev–Trinajstić information content (AvgIpc) is 2.97. The van der Waals surface area contributed by atoms with Crippen molar-refractivity contribution in [2.45, 2.75) is 24.8 Å². The van der Waals surface area contributed by atoms with Crippen LogP contribution in [0.15, 0.2) is 21.4 Å². The first-order valence-electron chi connectivity index (χ1n) is 7.16. The number of morpholine rings is 1. The van der Waals surface area contributed by atoms with Crippen LogP contribution in [0, 0.1) is 25.5 Å². The Hall–Kier alpha value is -1.91. The van der Waals surface area contributed by atoms with Crippen molar-refractivity contribution >= 4 is 10.0 Å². The summed E-state index contributed by atoms with van der Waals surface area (Å²) in [5, 5.41) is 7.48. The molecule has 0 aliphatic carbocycles. The van der Waals surface area contributed by atoms with Gasteiger partial charge in [0, 0.05) is 13.5 Å². The fourth-order valence-electron chi connectivity index (χ4n) is 2.47. The molecule has 2 aromatic rings. The van der Waals surface area contributed by atoms with Crippen molar-refractivity contribution in [1.82, 2.24) is 14.5 Å². The third kappa shape index (κ3) is 2.92. The molecule has 0 saturated carbocycles. The quantitative estimate of drug-likeness (QED) is 0.830. The molecule has 0 spiro atoms. The maximum absolute atomic E-state index is 14.2. The van der Waals surface area contributed by atoms with E-state index in [1.165, 1.54) is 6.92 Å². The first-order chi connectivity index (χ1) is 11.3. The van der Waals surface area contributed by atoms with Crippen molar-refractivity contribution in [1.29, 1.82) is 0 Å². The van der Waals surface area contributed by atoms with E-state index < -0.39 is 32.6 Å². The molecule has 1 saturated heterocycles. The number of ether oxygens (including phenoxy) is 1. The summed E-state index contributed by atoms with van der Waals surface area (Å²) in [7, 11) is -4.31. The van der Waals surface area contributed by atoms with Crippen LogP contribution in [0.1, 0.15) is 23.4 Å². The topological polar surface area (TPSA) is 85.5 Å². The number of aromatic nitrogens is 2. The molecule has 0 amide bonds. The number of nitrogens with zero attached hydrogens (tertiary/aromatic N) is 3. The van der Waals surface area contributed by atoms with E-state index in [1.807, 2.05) is 0 Å². The highest BCUT2D eigenvalue weighted by Gasteiger charge is 2.39. The van der Waals surface area contributed by atoms with Gasteiger partial charge in [-0.2, -0.15) is 4.31 Å². The molecule has 1 aliphatic heterocycles. The normalized spacial score (nSPS) is 19.6. The van der Waals surface area contributed by atoms with Gasteiger partial charge in [-0.1, -0.05) is 0 Å². The second kappa shape index (κ2) is 6.19. The van der Waals surface area contributed by atoms with E-state index in [2.05, 4.69) is 10.2 Å². The minimum Gasteiger partial charge on any atom is -0.424 e. The maximum atomic E-state index is 14.2. The number of benzene rings is 1. The van der Waals surface area contributed by atoms with Crippen LogP contribution in [0.2, 0.25) is 0 Å². The van der Waals surface area contributed by atoms with E-state index in [1.54, 1.807) is 6.92 Å². The van der Waals surface area contributed by atoms with Gasteiger partial charge in [-0.05, 0) is 24.6 Å². The zero-order valence-corrected chi connectivity index (χ0v) is 13.8. The van der Waals surface area contributed by atoms with Gasteiger partial charge in [0.25, 0.3) is 0 Å². The molecular weight excluding hydrogens is 344 g/mol. The van der Waals surface area contributed by atoms with Crippen LogP contribution in [-0.2, 0) is 14.8 Å². The standard InChI is InChI=1S/C14H15F2N3O4S/c1-8-5-11(16)13(6-10(8)15)24(20,21)19-3-4-22-7-12(19)14-18-17-9(2)23-14/h5-6,12H,3-4,7H2,1-2H3/t12-/m1/s1. The Bertz CT molecular complexity index is 869. The highest BCUT2D eigenvalue weighted by Crippen LogP contribution is 2.31. The largest absolute Gasteiger partial charge is 0.424 e. The molecule has 10 heteroatoms. The van der Waals surface area contributed by atoms with Crippen molar-refractivity contribution in [2.75, 3.05) is 19.8 Å². The van der Waals surface area contributed by atoms with E-state index in [0.29, 0.717) is 6.07 Å². The average molecular weight is 359 g/mol. The maximum Gasteiger partial charge on any atom is 0.246 e. The Morgan fingerprint density at radius 1 is 1.21 bits per heavy atom. The Labute approximate surface area is 137 Å². The molecule has 1 aromatic heterocycles. The molecule has 1 aliphatic rings. The van der Waals surface area contributed by atoms with Crippen molar-refractivity contribution in [2.24, 2.45) is 0 Å². The predicted octanol–water partition coefficient (Wildman–Crippen LogP) is 1.73. The van der Waals surface area contributed by atoms with Crippen LogP contribution in [0.4, 0.5) is 8.78 Å². The van der Waals surface area contributed by atoms with E-state index in [4.69, 9.17) is 9.15 Å². The van der Waals surface area contributed by atoms with Crippen molar-refractivity contribution < 1.29 is 26.4 Å². The molecule has 0 bridgehead atoms. The summed E-state index contributed by atoms with van der Waals surface area (Å²) >= 11 is 0. The number of sulfonamides is 1. The van der Waals surface area contributed by atoms with Gasteiger partial charge in [0.2, 0.25) is 21.8 Å². The van der Waals surface area contributed by atoms with Gasteiger partial charge in [-0.3, -0.25) is 0 Å². The van der Waals surface area contributed by atoms with Crippen LogP contribution >= 0.6 is 0 Å². The lowest BCUT2D eigenvalue weighted by Gasteiger charge is -2.32. The lowest BCUT2D eigenvalue weighted by Crippen LogP contribution is -2.43. The molecule has 2 heterocycles.